The van der Waals surface area contributed by atoms with E-state index in [1.165, 1.54) is 9.87 Å². The molecular weight excluding hydrogens is 392 g/mol. The second-order valence-corrected chi connectivity index (χ2v) is 9.81. The van der Waals surface area contributed by atoms with Crippen molar-refractivity contribution in [2.24, 2.45) is 5.92 Å². The quantitative estimate of drug-likeness (QED) is 0.763. The molecule has 0 radical (unpaired) electrons. The molecule has 24 heavy (non-hydrogen) atoms. The minimum absolute atomic E-state index is 0.0552. The predicted octanol–water partition coefficient (Wildman–Crippen LogP) is 2.79. The molecule has 2 aliphatic heterocycles. The van der Waals surface area contributed by atoms with E-state index in [0.29, 0.717) is 13.1 Å². The van der Waals surface area contributed by atoms with Crippen LogP contribution in [0.3, 0.4) is 0 Å². The van der Waals surface area contributed by atoms with Gasteiger partial charge >= 0.3 is 0 Å². The molecule has 7 heteroatoms. The lowest BCUT2D eigenvalue weighted by atomic mass is 9.97. The Labute approximate surface area is 152 Å². The lowest BCUT2D eigenvalue weighted by Crippen LogP contribution is -2.48. The Kier molecular flexibility index (Phi) is 5.04. The summed E-state index contributed by atoms with van der Waals surface area (Å²) in [4.78, 5) is 15.0. The number of hydrogen-bond acceptors (Lipinski definition) is 3. The van der Waals surface area contributed by atoms with Gasteiger partial charge in [0.2, 0.25) is 15.9 Å². The van der Waals surface area contributed by atoms with Crippen LogP contribution in [-0.4, -0.2) is 43.5 Å². The first kappa shape index (κ1) is 17.9. The first-order valence-corrected chi connectivity index (χ1v) is 10.8. The molecule has 0 spiro atoms. The summed E-state index contributed by atoms with van der Waals surface area (Å²) < 4.78 is 26.8. The Hall–Kier alpha value is -0.920. The summed E-state index contributed by atoms with van der Waals surface area (Å²) in [5.41, 5.74) is 2.13. The molecule has 2 heterocycles. The van der Waals surface area contributed by atoms with Crippen LogP contribution in [0.1, 0.15) is 32.3 Å². The minimum atomic E-state index is -3.23. The maximum Gasteiger partial charge on any atom is 0.231 e. The van der Waals surface area contributed by atoms with Crippen molar-refractivity contribution in [3.05, 3.63) is 28.2 Å². The van der Waals surface area contributed by atoms with Crippen LogP contribution >= 0.6 is 15.9 Å². The van der Waals surface area contributed by atoms with Crippen LogP contribution in [0, 0.1) is 5.92 Å². The highest BCUT2D eigenvalue weighted by atomic mass is 79.9. The molecule has 5 nitrogen and oxygen atoms in total. The van der Waals surface area contributed by atoms with Crippen LogP contribution in [0.5, 0.6) is 0 Å². The van der Waals surface area contributed by atoms with Crippen LogP contribution in [-0.2, 0) is 21.2 Å². The summed E-state index contributed by atoms with van der Waals surface area (Å²) in [6.45, 7) is 4.54. The summed E-state index contributed by atoms with van der Waals surface area (Å²) in [7, 11) is -3.23. The zero-order chi connectivity index (χ0) is 17.5. The zero-order valence-corrected chi connectivity index (χ0v) is 16.4. The van der Waals surface area contributed by atoms with Gasteiger partial charge in [0.25, 0.3) is 0 Å². The summed E-state index contributed by atoms with van der Waals surface area (Å²) in [6, 6.07) is 6.10. The van der Waals surface area contributed by atoms with Gasteiger partial charge in [-0.1, -0.05) is 15.9 Å². The van der Waals surface area contributed by atoms with Gasteiger partial charge in [0, 0.05) is 29.3 Å². The number of benzene rings is 1. The predicted molar refractivity (Wildman–Crippen MR) is 98.6 cm³/mol. The molecule has 3 rings (SSSR count). The van der Waals surface area contributed by atoms with E-state index < -0.39 is 10.0 Å². The number of hydrogen-bond donors (Lipinski definition) is 0. The van der Waals surface area contributed by atoms with Crippen LogP contribution in [0.15, 0.2) is 22.7 Å². The SMILES string of the molecule is CCS(=O)(=O)N1CCC[C@@H](C(=O)N2c3ccc(Br)cc3C[C@@H]2C)C1. The monoisotopic (exact) mass is 414 g/mol. The largest absolute Gasteiger partial charge is 0.309 e. The highest BCUT2D eigenvalue weighted by Crippen LogP contribution is 2.36. The van der Waals surface area contributed by atoms with Crippen molar-refractivity contribution >= 4 is 37.5 Å². The molecule has 132 valence electrons. The molecule has 2 aliphatic rings. The number of sulfonamides is 1. The molecule has 0 bridgehead atoms. The van der Waals surface area contributed by atoms with Gasteiger partial charge in [-0.2, -0.15) is 0 Å². The van der Waals surface area contributed by atoms with Gasteiger partial charge in [-0.25, -0.2) is 12.7 Å². The van der Waals surface area contributed by atoms with Crippen LogP contribution in [0.4, 0.5) is 5.69 Å². The fourth-order valence-electron chi connectivity index (χ4n) is 3.71. The third-order valence-corrected chi connectivity index (χ3v) is 7.33. The maximum absolute atomic E-state index is 13.1. The van der Waals surface area contributed by atoms with Gasteiger partial charge in [0.15, 0.2) is 0 Å². The first-order chi connectivity index (χ1) is 11.3. The van der Waals surface area contributed by atoms with E-state index in [-0.39, 0.29) is 23.6 Å². The molecule has 0 saturated carbocycles. The van der Waals surface area contributed by atoms with E-state index >= 15 is 0 Å². The molecule has 1 aromatic rings. The average molecular weight is 415 g/mol. The number of nitrogens with zero attached hydrogens (tertiary/aromatic N) is 2. The first-order valence-electron chi connectivity index (χ1n) is 8.43. The molecular formula is C17H23BrN2O3S. The van der Waals surface area contributed by atoms with Crippen molar-refractivity contribution in [1.29, 1.82) is 0 Å². The second kappa shape index (κ2) is 6.77. The van der Waals surface area contributed by atoms with Crippen molar-refractivity contribution in [2.75, 3.05) is 23.7 Å². The number of carbonyl (C=O) groups is 1. The summed E-state index contributed by atoms with van der Waals surface area (Å²) >= 11 is 3.48. The molecule has 0 N–H and O–H groups in total. The van der Waals surface area contributed by atoms with E-state index in [2.05, 4.69) is 28.9 Å². The van der Waals surface area contributed by atoms with Gasteiger partial charge in [-0.3, -0.25) is 4.79 Å². The summed E-state index contributed by atoms with van der Waals surface area (Å²) in [5.74, 6) is -0.109. The van der Waals surface area contributed by atoms with Crippen molar-refractivity contribution in [3.63, 3.8) is 0 Å². The normalized spacial score (nSPS) is 24.9. The topological polar surface area (TPSA) is 57.7 Å². The lowest BCUT2D eigenvalue weighted by Gasteiger charge is -2.34. The number of rotatable bonds is 3. The molecule has 1 saturated heterocycles. The number of piperidine rings is 1. The van der Waals surface area contributed by atoms with Gasteiger partial charge in [0.1, 0.15) is 0 Å². The van der Waals surface area contributed by atoms with Crippen molar-refractivity contribution in [2.45, 2.75) is 39.2 Å². The van der Waals surface area contributed by atoms with Crippen molar-refractivity contribution in [1.82, 2.24) is 4.31 Å². The van der Waals surface area contributed by atoms with Crippen LogP contribution in [0.2, 0.25) is 0 Å². The molecule has 1 fully saturated rings. The van der Waals surface area contributed by atoms with Crippen LogP contribution in [0.25, 0.3) is 0 Å². The average Bonchev–Trinajstić information content (AvgIpc) is 2.89. The van der Waals surface area contributed by atoms with Crippen molar-refractivity contribution < 1.29 is 13.2 Å². The fraction of sp³-hybridized carbons (Fsp3) is 0.588. The number of carbonyl (C=O) groups excluding carboxylic acids is 1. The van der Waals surface area contributed by atoms with Crippen LogP contribution < -0.4 is 4.90 Å². The smallest absolute Gasteiger partial charge is 0.231 e. The number of halogens is 1. The molecule has 2 atom stereocenters. The number of anilines is 1. The second-order valence-electron chi connectivity index (χ2n) is 6.63. The summed E-state index contributed by atoms with van der Waals surface area (Å²) in [5, 5.41) is 0. The minimum Gasteiger partial charge on any atom is -0.309 e. The highest BCUT2D eigenvalue weighted by molar-refractivity contribution is 9.10. The Morgan fingerprint density at radius 1 is 1.38 bits per heavy atom. The van der Waals surface area contributed by atoms with Gasteiger partial charge in [0.05, 0.1) is 11.7 Å². The van der Waals surface area contributed by atoms with E-state index in [1.807, 2.05) is 17.0 Å². The van der Waals surface area contributed by atoms with Gasteiger partial charge in [-0.15, -0.1) is 0 Å². The third kappa shape index (κ3) is 3.26. The Balaban J connectivity index is 1.82. The molecule has 0 unspecified atom stereocenters. The Bertz CT molecular complexity index is 750. The fourth-order valence-corrected chi connectivity index (χ4v) is 5.30. The maximum atomic E-state index is 13.1. The Morgan fingerprint density at radius 3 is 2.83 bits per heavy atom. The highest BCUT2D eigenvalue weighted by Gasteiger charge is 2.38. The molecule has 0 aliphatic carbocycles. The zero-order valence-electron chi connectivity index (χ0n) is 14.0. The third-order valence-electron chi connectivity index (χ3n) is 4.99. The van der Waals surface area contributed by atoms with Gasteiger partial charge < -0.3 is 4.90 Å². The number of fused-ring (bicyclic) bond motifs is 1. The molecule has 0 aromatic heterocycles. The van der Waals surface area contributed by atoms with E-state index in [9.17, 15) is 13.2 Å². The lowest BCUT2D eigenvalue weighted by molar-refractivity contribution is -0.123. The van der Waals surface area contributed by atoms with E-state index in [0.717, 1.165) is 29.4 Å². The Morgan fingerprint density at radius 2 is 2.12 bits per heavy atom. The van der Waals surface area contributed by atoms with E-state index in [4.69, 9.17) is 0 Å². The number of amides is 1. The molecule has 1 amide bonds. The molecule has 1 aromatic carbocycles. The summed E-state index contributed by atoms with van der Waals surface area (Å²) in [6.07, 6.45) is 2.33. The van der Waals surface area contributed by atoms with Gasteiger partial charge in [-0.05, 0) is 56.9 Å². The standard InChI is InChI=1S/C17H23BrN2O3S/c1-3-24(22,23)19-8-4-5-13(11-19)17(21)20-12(2)9-14-10-15(18)6-7-16(14)20/h6-7,10,12-13H,3-5,8-9,11H2,1-2H3/t12-,13+/m0/s1. The van der Waals surface area contributed by atoms with Crippen molar-refractivity contribution in [3.8, 4) is 0 Å². The van der Waals surface area contributed by atoms with E-state index in [1.54, 1.807) is 6.92 Å².